The normalized spacial score (nSPS) is 13.1. The number of hydrogen-bond acceptors (Lipinski definition) is 6. The smallest absolute Gasteiger partial charge is 0.316 e. The fourth-order valence-electron chi connectivity index (χ4n) is 2.82. The summed E-state index contributed by atoms with van der Waals surface area (Å²) in [6.45, 7) is 3.15. The van der Waals surface area contributed by atoms with Crippen molar-refractivity contribution in [1.82, 2.24) is 0 Å². The van der Waals surface area contributed by atoms with Crippen molar-refractivity contribution in [3.63, 3.8) is 0 Å². The molecule has 0 saturated carbocycles. The second-order valence-corrected chi connectivity index (χ2v) is 7.29. The maximum atomic E-state index is 13.1. The molecule has 2 unspecified atom stereocenters. The van der Waals surface area contributed by atoms with E-state index in [2.05, 4.69) is 5.32 Å². The largest absolute Gasteiger partial charge is 0.491 e. The van der Waals surface area contributed by atoms with Gasteiger partial charge in [-0.3, -0.25) is 4.79 Å². The van der Waals surface area contributed by atoms with E-state index in [1.54, 1.807) is 30.3 Å². The average molecular weight is 433 g/mol. The van der Waals surface area contributed by atoms with Gasteiger partial charge in [0.25, 0.3) is 0 Å². The molecule has 2 aromatic carbocycles. The molecule has 0 bridgehead atoms. The van der Waals surface area contributed by atoms with E-state index in [4.69, 9.17) is 26.5 Å². The minimum absolute atomic E-state index is 0.120. The summed E-state index contributed by atoms with van der Waals surface area (Å²) in [4.78, 5) is 24.6. The Balaban J connectivity index is 2.02. The zero-order valence-electron chi connectivity index (χ0n) is 16.3. The van der Waals surface area contributed by atoms with E-state index in [9.17, 15) is 19.8 Å². The van der Waals surface area contributed by atoms with Crippen molar-refractivity contribution in [2.24, 2.45) is 5.73 Å². The maximum Gasteiger partial charge on any atom is 0.316 e. The lowest BCUT2D eigenvalue weighted by Crippen LogP contribution is -2.29. The second kappa shape index (κ2) is 8.74. The Labute approximate surface area is 177 Å². The molecule has 5 N–H and O–H groups in total. The molecule has 158 valence electrons. The lowest BCUT2D eigenvalue weighted by molar-refractivity contribution is 0.00229. The minimum Gasteiger partial charge on any atom is -0.491 e. The van der Waals surface area contributed by atoms with Crippen LogP contribution < -0.4 is 15.8 Å². The van der Waals surface area contributed by atoms with E-state index in [1.165, 1.54) is 13.0 Å². The van der Waals surface area contributed by atoms with E-state index in [0.717, 1.165) is 5.56 Å². The number of rotatable bonds is 7. The van der Waals surface area contributed by atoms with E-state index in [1.807, 2.05) is 6.92 Å². The summed E-state index contributed by atoms with van der Waals surface area (Å²) >= 11 is 6.21. The zero-order valence-corrected chi connectivity index (χ0v) is 17.1. The van der Waals surface area contributed by atoms with Gasteiger partial charge in [-0.25, -0.2) is 4.79 Å². The fourth-order valence-corrected chi connectivity index (χ4v) is 3.14. The van der Waals surface area contributed by atoms with E-state index in [0.29, 0.717) is 11.1 Å². The van der Waals surface area contributed by atoms with Crippen LogP contribution >= 0.6 is 11.6 Å². The third kappa shape index (κ3) is 4.56. The van der Waals surface area contributed by atoms with Gasteiger partial charge in [0.15, 0.2) is 5.76 Å². The standard InChI is InChI=1S/C21H21ClN2O6/c1-10-3-5-13(15(22)7-10)19(27)20-18(24-21(23)28)14-6-4-12(8-17(14)30-20)29-9-16(26)11(2)25/h3-8,11,16,25-26H,9H2,1-2H3,(H3,23,24,28). The predicted molar refractivity (Wildman–Crippen MR) is 112 cm³/mol. The number of urea groups is 1. The SMILES string of the molecule is Cc1ccc(C(=O)c2oc3cc(OCC(O)C(C)O)ccc3c2NC(N)=O)c(Cl)c1. The monoisotopic (exact) mass is 432 g/mol. The van der Waals surface area contributed by atoms with Crippen molar-refractivity contribution in [3.8, 4) is 5.75 Å². The van der Waals surface area contributed by atoms with E-state index in [-0.39, 0.29) is 34.2 Å². The molecule has 1 heterocycles. The zero-order chi connectivity index (χ0) is 22.0. The average Bonchev–Trinajstić information content (AvgIpc) is 3.02. The number of halogens is 1. The summed E-state index contributed by atoms with van der Waals surface area (Å²) in [5.41, 5.74) is 6.75. The molecule has 0 aliphatic heterocycles. The number of furan rings is 1. The number of nitrogens with two attached hydrogens (primary N) is 1. The van der Waals surface area contributed by atoms with Crippen LogP contribution in [-0.4, -0.2) is 40.8 Å². The third-order valence-corrected chi connectivity index (χ3v) is 4.78. The number of primary amides is 1. The molecule has 0 radical (unpaired) electrons. The number of anilines is 1. The highest BCUT2D eigenvalue weighted by atomic mass is 35.5. The van der Waals surface area contributed by atoms with Crippen molar-refractivity contribution >= 4 is 40.1 Å². The van der Waals surface area contributed by atoms with Gasteiger partial charge in [-0.1, -0.05) is 17.7 Å². The number of carbonyl (C=O) groups is 2. The topological polar surface area (TPSA) is 135 Å². The number of carbonyl (C=O) groups excluding carboxylic acids is 2. The van der Waals surface area contributed by atoms with E-state index < -0.39 is 24.0 Å². The number of amides is 2. The Hall–Kier alpha value is -3.07. The van der Waals surface area contributed by atoms with Crippen molar-refractivity contribution in [2.45, 2.75) is 26.1 Å². The lowest BCUT2D eigenvalue weighted by Gasteiger charge is -2.14. The van der Waals surface area contributed by atoms with Crippen LogP contribution in [0.5, 0.6) is 5.75 Å². The van der Waals surface area contributed by atoms with E-state index >= 15 is 0 Å². The number of fused-ring (bicyclic) bond motifs is 1. The summed E-state index contributed by atoms with van der Waals surface area (Å²) in [6, 6.07) is 8.77. The van der Waals surface area contributed by atoms with Crippen LogP contribution in [0.2, 0.25) is 5.02 Å². The summed E-state index contributed by atoms with van der Waals surface area (Å²) in [6.07, 6.45) is -2.02. The molecule has 0 aliphatic carbocycles. The summed E-state index contributed by atoms with van der Waals surface area (Å²) in [5.74, 6) is -0.309. The first-order valence-corrected chi connectivity index (χ1v) is 9.48. The van der Waals surface area contributed by atoms with Crippen LogP contribution in [0.3, 0.4) is 0 Å². The van der Waals surface area contributed by atoms with Crippen LogP contribution in [0, 0.1) is 6.92 Å². The number of aliphatic hydroxyl groups excluding tert-OH is 2. The van der Waals surface area contributed by atoms with Gasteiger partial charge >= 0.3 is 6.03 Å². The maximum absolute atomic E-state index is 13.1. The number of aliphatic hydroxyl groups is 2. The van der Waals surface area contributed by atoms with Crippen molar-refractivity contribution in [3.05, 3.63) is 58.3 Å². The molecule has 1 aromatic heterocycles. The molecule has 2 amide bonds. The predicted octanol–water partition coefficient (Wildman–Crippen LogP) is 3.24. The molecule has 0 saturated heterocycles. The lowest BCUT2D eigenvalue weighted by atomic mass is 10.1. The minimum atomic E-state index is -1.06. The Morgan fingerprint density at radius 3 is 2.60 bits per heavy atom. The van der Waals surface area contributed by atoms with Gasteiger partial charge in [-0.05, 0) is 43.7 Å². The highest BCUT2D eigenvalue weighted by molar-refractivity contribution is 6.35. The van der Waals surface area contributed by atoms with Gasteiger partial charge in [0.05, 0.1) is 11.1 Å². The van der Waals surface area contributed by atoms with Crippen LogP contribution in [0.1, 0.15) is 28.6 Å². The molecule has 8 nitrogen and oxygen atoms in total. The van der Waals surface area contributed by atoms with Crippen molar-refractivity contribution < 1.29 is 29.0 Å². The Bertz CT molecular complexity index is 1110. The number of nitrogens with one attached hydrogen (secondary N) is 1. The Kier molecular flexibility index (Phi) is 6.31. The number of hydrogen-bond donors (Lipinski definition) is 4. The van der Waals surface area contributed by atoms with Gasteiger partial charge in [0, 0.05) is 17.0 Å². The first-order valence-electron chi connectivity index (χ1n) is 9.10. The first kappa shape index (κ1) is 21.6. The second-order valence-electron chi connectivity index (χ2n) is 6.88. The summed E-state index contributed by atoms with van der Waals surface area (Å²) in [7, 11) is 0. The first-order chi connectivity index (χ1) is 14.2. The molecule has 3 rings (SSSR count). The molecule has 0 fully saturated rings. The summed E-state index contributed by atoms with van der Waals surface area (Å²) in [5, 5.41) is 22.1. The van der Waals surface area contributed by atoms with Gasteiger partial charge < -0.3 is 30.4 Å². The fraction of sp³-hybridized carbons (Fsp3) is 0.238. The van der Waals surface area contributed by atoms with Crippen molar-refractivity contribution in [2.75, 3.05) is 11.9 Å². The van der Waals surface area contributed by atoms with Gasteiger partial charge in [-0.2, -0.15) is 0 Å². The number of ketones is 1. The molecular formula is C21H21ClN2O6. The molecule has 2 atom stereocenters. The molecule has 0 aliphatic rings. The van der Waals surface area contributed by atoms with Crippen LogP contribution in [-0.2, 0) is 0 Å². The highest BCUT2D eigenvalue weighted by Gasteiger charge is 2.25. The molecule has 0 spiro atoms. The van der Waals surface area contributed by atoms with Crippen LogP contribution in [0.15, 0.2) is 40.8 Å². The summed E-state index contributed by atoms with van der Waals surface area (Å²) < 4.78 is 11.2. The Morgan fingerprint density at radius 2 is 1.97 bits per heavy atom. The van der Waals surface area contributed by atoms with Crippen LogP contribution in [0.4, 0.5) is 10.5 Å². The molecular weight excluding hydrogens is 412 g/mol. The van der Waals surface area contributed by atoms with Crippen molar-refractivity contribution in [1.29, 1.82) is 0 Å². The quantitative estimate of drug-likeness (QED) is 0.423. The molecule has 3 aromatic rings. The number of benzene rings is 2. The number of aryl methyl sites for hydroxylation is 1. The molecule has 30 heavy (non-hydrogen) atoms. The molecule has 9 heteroatoms. The number of ether oxygens (including phenoxy) is 1. The van der Waals surface area contributed by atoms with Gasteiger partial charge in [-0.15, -0.1) is 0 Å². The Morgan fingerprint density at radius 1 is 1.23 bits per heavy atom. The van der Waals surface area contributed by atoms with Crippen LogP contribution in [0.25, 0.3) is 11.0 Å². The third-order valence-electron chi connectivity index (χ3n) is 4.46. The highest BCUT2D eigenvalue weighted by Crippen LogP contribution is 2.35. The van der Waals surface area contributed by atoms with Gasteiger partial charge in [0.2, 0.25) is 5.78 Å². The van der Waals surface area contributed by atoms with Gasteiger partial charge in [0.1, 0.15) is 29.7 Å².